The van der Waals surface area contributed by atoms with Crippen LogP contribution in [0, 0.1) is 0 Å². The Hall–Kier alpha value is -0.750. The second-order valence-corrected chi connectivity index (χ2v) is 3.82. The number of rotatable bonds is 3. The van der Waals surface area contributed by atoms with Crippen LogP contribution in [-0.4, -0.2) is 18.1 Å². The van der Waals surface area contributed by atoms with E-state index < -0.39 is 23.7 Å². The highest BCUT2D eigenvalue weighted by atomic mass is 79.9. The fourth-order valence-electron chi connectivity index (χ4n) is 1.07. The number of pyridine rings is 1. The molecule has 0 radical (unpaired) electrons. The lowest BCUT2D eigenvalue weighted by Crippen LogP contribution is -2.10. The van der Waals surface area contributed by atoms with Crippen LogP contribution >= 0.6 is 27.5 Å². The first kappa shape index (κ1) is 13.3. The Labute approximate surface area is 104 Å². The molecule has 1 aromatic rings. The van der Waals surface area contributed by atoms with Crippen LogP contribution in [0.25, 0.3) is 0 Å². The maximum Gasteiger partial charge on any atom is 0.357 e. The van der Waals surface area contributed by atoms with Crippen LogP contribution in [0.2, 0.25) is 0 Å². The van der Waals surface area contributed by atoms with Gasteiger partial charge >= 0.3 is 5.97 Å². The summed E-state index contributed by atoms with van der Waals surface area (Å²) in [4.78, 5) is 14.9. The number of methoxy groups -OCH3 is 1. The maximum absolute atomic E-state index is 12.7. The molecule has 88 valence electrons. The second-order valence-electron chi connectivity index (χ2n) is 2.80. The van der Waals surface area contributed by atoms with E-state index in [4.69, 9.17) is 11.6 Å². The van der Waals surface area contributed by atoms with E-state index in [9.17, 15) is 13.6 Å². The molecule has 7 heteroatoms. The molecule has 0 saturated heterocycles. The number of nitrogens with zero attached hydrogens (tertiary/aromatic N) is 1. The number of halogens is 4. The molecule has 1 heterocycles. The Bertz CT molecular complexity index is 415. The third-order valence-electron chi connectivity index (χ3n) is 1.84. The van der Waals surface area contributed by atoms with Gasteiger partial charge in [0.25, 0.3) is 6.43 Å². The van der Waals surface area contributed by atoms with Crippen molar-refractivity contribution in [2.45, 2.75) is 12.3 Å². The molecule has 0 atom stereocenters. The number of hydrogen-bond donors (Lipinski definition) is 0. The lowest BCUT2D eigenvalue weighted by Gasteiger charge is -2.09. The standard InChI is InChI=1S/C9H7BrClF2NO2/c1-16-9(15)6-5(8(12)13)2-4(3-11)7(10)14-6/h2,8H,3H2,1H3. The zero-order valence-electron chi connectivity index (χ0n) is 8.14. The topological polar surface area (TPSA) is 39.2 Å². The van der Waals surface area contributed by atoms with Crippen molar-refractivity contribution in [2.24, 2.45) is 0 Å². The maximum atomic E-state index is 12.7. The van der Waals surface area contributed by atoms with Crippen LogP contribution < -0.4 is 0 Å². The molecular weight excluding hydrogens is 307 g/mol. The molecule has 0 bridgehead atoms. The molecule has 0 amide bonds. The lowest BCUT2D eigenvalue weighted by atomic mass is 10.1. The van der Waals surface area contributed by atoms with Crippen molar-refractivity contribution in [1.82, 2.24) is 4.98 Å². The summed E-state index contributed by atoms with van der Waals surface area (Å²) in [5.41, 5.74) is -0.492. The number of carbonyl (C=O) groups is 1. The number of hydrogen-bond acceptors (Lipinski definition) is 3. The number of esters is 1. The second kappa shape index (κ2) is 5.54. The van der Waals surface area contributed by atoms with Crippen molar-refractivity contribution < 1.29 is 18.3 Å². The third-order valence-corrected chi connectivity index (χ3v) is 2.81. The summed E-state index contributed by atoms with van der Waals surface area (Å²) in [6.07, 6.45) is -2.81. The van der Waals surface area contributed by atoms with E-state index in [0.29, 0.717) is 5.56 Å². The van der Waals surface area contributed by atoms with Gasteiger partial charge in [0.2, 0.25) is 0 Å². The highest BCUT2D eigenvalue weighted by Crippen LogP contribution is 2.27. The van der Waals surface area contributed by atoms with Crippen molar-refractivity contribution in [3.05, 3.63) is 27.5 Å². The van der Waals surface area contributed by atoms with E-state index in [0.717, 1.165) is 13.2 Å². The van der Waals surface area contributed by atoms with E-state index >= 15 is 0 Å². The smallest absolute Gasteiger partial charge is 0.357 e. The first-order valence-electron chi connectivity index (χ1n) is 4.13. The monoisotopic (exact) mass is 313 g/mol. The summed E-state index contributed by atoms with van der Waals surface area (Å²) >= 11 is 8.58. The van der Waals surface area contributed by atoms with Gasteiger partial charge in [-0.1, -0.05) is 0 Å². The Morgan fingerprint density at radius 2 is 2.31 bits per heavy atom. The van der Waals surface area contributed by atoms with E-state index in [2.05, 4.69) is 25.7 Å². The molecule has 0 saturated carbocycles. The van der Waals surface area contributed by atoms with Gasteiger partial charge < -0.3 is 4.74 Å². The van der Waals surface area contributed by atoms with Gasteiger partial charge in [-0.15, -0.1) is 11.6 Å². The number of aromatic nitrogens is 1. The highest BCUT2D eigenvalue weighted by molar-refractivity contribution is 9.10. The molecular formula is C9H7BrClF2NO2. The van der Waals surface area contributed by atoms with Crippen LogP contribution in [-0.2, 0) is 10.6 Å². The Morgan fingerprint density at radius 3 is 2.75 bits per heavy atom. The number of ether oxygens (including phenoxy) is 1. The minimum Gasteiger partial charge on any atom is -0.464 e. The largest absolute Gasteiger partial charge is 0.464 e. The predicted octanol–water partition coefficient (Wildman–Crippen LogP) is 3.31. The zero-order chi connectivity index (χ0) is 12.3. The summed E-state index contributed by atoms with van der Waals surface area (Å²) in [5.74, 6) is -0.883. The zero-order valence-corrected chi connectivity index (χ0v) is 10.5. The van der Waals surface area contributed by atoms with E-state index in [1.165, 1.54) is 0 Å². The Balaban J connectivity index is 3.36. The molecule has 0 N–H and O–H groups in total. The third kappa shape index (κ3) is 2.68. The average Bonchev–Trinajstić information content (AvgIpc) is 2.27. The van der Waals surface area contributed by atoms with Gasteiger partial charge in [0.05, 0.1) is 18.6 Å². The molecule has 0 aliphatic rings. The number of carbonyl (C=O) groups excluding carboxylic acids is 1. The van der Waals surface area contributed by atoms with Crippen molar-refractivity contribution in [1.29, 1.82) is 0 Å². The van der Waals surface area contributed by atoms with Crippen LogP contribution in [0.5, 0.6) is 0 Å². The van der Waals surface area contributed by atoms with Gasteiger partial charge in [0, 0.05) is 5.56 Å². The molecule has 1 aromatic heterocycles. The van der Waals surface area contributed by atoms with E-state index in [-0.39, 0.29) is 10.5 Å². The van der Waals surface area contributed by atoms with Crippen molar-refractivity contribution in [2.75, 3.05) is 7.11 Å². The van der Waals surface area contributed by atoms with Gasteiger partial charge in [0.15, 0.2) is 5.69 Å². The molecule has 0 spiro atoms. The van der Waals surface area contributed by atoms with Crippen molar-refractivity contribution in [3.63, 3.8) is 0 Å². The summed E-state index contributed by atoms with van der Waals surface area (Å²) in [6, 6.07) is 1.14. The molecule has 0 aromatic carbocycles. The van der Waals surface area contributed by atoms with E-state index in [1.54, 1.807) is 0 Å². The first-order chi connectivity index (χ1) is 7.51. The molecule has 1 rings (SSSR count). The molecule has 3 nitrogen and oxygen atoms in total. The van der Waals surface area contributed by atoms with Gasteiger partial charge in [-0.3, -0.25) is 0 Å². The average molecular weight is 315 g/mol. The predicted molar refractivity (Wildman–Crippen MR) is 57.8 cm³/mol. The van der Waals surface area contributed by atoms with Crippen LogP contribution in [0.15, 0.2) is 10.7 Å². The van der Waals surface area contributed by atoms with Gasteiger partial charge in [-0.05, 0) is 22.0 Å². The molecule has 16 heavy (non-hydrogen) atoms. The Kier molecular flexibility index (Phi) is 4.61. The molecule has 0 aliphatic carbocycles. The van der Waals surface area contributed by atoms with E-state index in [1.807, 2.05) is 0 Å². The van der Waals surface area contributed by atoms with Crippen LogP contribution in [0.1, 0.15) is 28.0 Å². The minimum atomic E-state index is -2.81. The van der Waals surface area contributed by atoms with Crippen LogP contribution in [0.4, 0.5) is 8.78 Å². The van der Waals surface area contributed by atoms with Gasteiger partial charge in [-0.2, -0.15) is 0 Å². The fraction of sp³-hybridized carbons (Fsp3) is 0.333. The SMILES string of the molecule is COC(=O)c1nc(Br)c(CCl)cc1C(F)F. The highest BCUT2D eigenvalue weighted by Gasteiger charge is 2.22. The van der Waals surface area contributed by atoms with Gasteiger partial charge in [0.1, 0.15) is 4.60 Å². The summed E-state index contributed by atoms with van der Waals surface area (Å²) in [5, 5.41) is 0. The number of alkyl halides is 3. The summed E-state index contributed by atoms with van der Waals surface area (Å²) < 4.78 is 30.0. The van der Waals surface area contributed by atoms with Crippen molar-refractivity contribution >= 4 is 33.5 Å². The quantitative estimate of drug-likeness (QED) is 0.488. The summed E-state index contributed by atoms with van der Waals surface area (Å²) in [6.45, 7) is 0. The van der Waals surface area contributed by atoms with Gasteiger partial charge in [-0.25, -0.2) is 18.6 Å². The fourth-order valence-corrected chi connectivity index (χ4v) is 1.87. The van der Waals surface area contributed by atoms with Crippen LogP contribution in [0.3, 0.4) is 0 Å². The Morgan fingerprint density at radius 1 is 1.69 bits per heavy atom. The summed E-state index contributed by atoms with van der Waals surface area (Å²) in [7, 11) is 1.10. The minimum absolute atomic E-state index is 0.0226. The normalized spacial score (nSPS) is 10.6. The molecule has 0 unspecified atom stereocenters. The first-order valence-corrected chi connectivity index (χ1v) is 5.45. The van der Waals surface area contributed by atoms with Crippen molar-refractivity contribution in [3.8, 4) is 0 Å². The lowest BCUT2D eigenvalue weighted by molar-refractivity contribution is 0.0581. The molecule has 0 aliphatic heterocycles. The molecule has 0 fully saturated rings.